The molecule has 0 saturated carbocycles. The summed E-state index contributed by atoms with van der Waals surface area (Å²) in [4.78, 5) is 16.0. The average molecular weight is 345 g/mol. The van der Waals surface area contributed by atoms with E-state index >= 15 is 0 Å². The number of hydrogen-bond donors (Lipinski definition) is 1. The summed E-state index contributed by atoms with van der Waals surface area (Å²) in [6.45, 7) is 4.10. The number of benzene rings is 1. The number of nitrogens with two attached hydrogens (primary N) is 1. The summed E-state index contributed by atoms with van der Waals surface area (Å²) < 4.78 is 2.92. The Kier molecular flexibility index (Phi) is 3.87. The lowest BCUT2D eigenvalue weighted by Crippen LogP contribution is -2.35. The summed E-state index contributed by atoms with van der Waals surface area (Å²) in [6, 6.07) is 5.83. The number of imidazole rings is 1. The van der Waals surface area contributed by atoms with E-state index < -0.39 is 5.41 Å². The normalized spacial score (nSPS) is 12.0. The molecule has 0 unspecified atom stereocenters. The maximum atomic E-state index is 11.5. The highest BCUT2D eigenvalue weighted by Gasteiger charge is 2.27. The van der Waals surface area contributed by atoms with E-state index in [0.717, 1.165) is 21.3 Å². The van der Waals surface area contributed by atoms with Crippen molar-refractivity contribution in [3.05, 3.63) is 28.5 Å². The zero-order valence-electron chi connectivity index (χ0n) is 10.8. The summed E-state index contributed by atoms with van der Waals surface area (Å²) in [5.41, 5.74) is 6.59. The van der Waals surface area contributed by atoms with Gasteiger partial charge in [-0.1, -0.05) is 15.9 Å². The highest BCUT2D eigenvalue weighted by atomic mass is 79.9. The minimum Gasteiger partial charge on any atom is -0.369 e. The van der Waals surface area contributed by atoms with E-state index in [2.05, 4.69) is 20.9 Å². The topological polar surface area (TPSA) is 60.9 Å². The summed E-state index contributed by atoms with van der Waals surface area (Å²) in [5.74, 6) is 0.692. The molecule has 1 amide bonds. The Labute approximate surface area is 125 Å². The number of halogens is 2. The van der Waals surface area contributed by atoms with E-state index in [4.69, 9.17) is 17.3 Å². The van der Waals surface area contributed by atoms with Crippen molar-refractivity contribution in [1.82, 2.24) is 9.55 Å². The monoisotopic (exact) mass is 343 g/mol. The summed E-state index contributed by atoms with van der Waals surface area (Å²) in [6.07, 6.45) is 0. The number of amides is 1. The highest BCUT2D eigenvalue weighted by Crippen LogP contribution is 2.26. The Morgan fingerprint density at radius 2 is 2.21 bits per heavy atom. The van der Waals surface area contributed by atoms with Crippen LogP contribution in [0.1, 0.15) is 19.7 Å². The minimum absolute atomic E-state index is 0.293. The molecule has 0 atom stereocenters. The first kappa shape index (κ1) is 14.3. The van der Waals surface area contributed by atoms with Crippen LogP contribution in [0.3, 0.4) is 0 Å². The van der Waals surface area contributed by atoms with Gasteiger partial charge in [-0.05, 0) is 32.0 Å². The SMILES string of the molecule is CC(C)(Cn1c(CCl)nc2cc(Br)ccc21)C(N)=O. The second kappa shape index (κ2) is 5.13. The Hall–Kier alpha value is -1.07. The third-order valence-corrected chi connectivity index (χ3v) is 3.86. The molecule has 6 heteroatoms. The van der Waals surface area contributed by atoms with Gasteiger partial charge in [0.25, 0.3) is 0 Å². The lowest BCUT2D eigenvalue weighted by atomic mass is 9.92. The number of rotatable bonds is 4. The molecule has 102 valence electrons. The Morgan fingerprint density at radius 3 is 2.79 bits per heavy atom. The maximum absolute atomic E-state index is 11.5. The van der Waals surface area contributed by atoms with E-state index in [9.17, 15) is 4.79 Å². The zero-order chi connectivity index (χ0) is 14.2. The lowest BCUT2D eigenvalue weighted by Gasteiger charge is -2.22. The van der Waals surface area contributed by atoms with Crippen molar-refractivity contribution in [2.45, 2.75) is 26.3 Å². The van der Waals surface area contributed by atoms with Crippen LogP contribution < -0.4 is 5.73 Å². The minimum atomic E-state index is -0.651. The number of carbonyl (C=O) groups is 1. The molecule has 0 spiro atoms. The smallest absolute Gasteiger partial charge is 0.224 e. The van der Waals surface area contributed by atoms with Gasteiger partial charge in [0.05, 0.1) is 22.3 Å². The fraction of sp³-hybridized carbons (Fsp3) is 0.385. The largest absolute Gasteiger partial charge is 0.369 e. The van der Waals surface area contributed by atoms with E-state index in [1.807, 2.05) is 36.6 Å². The summed E-state index contributed by atoms with van der Waals surface area (Å²) in [7, 11) is 0. The molecule has 0 aliphatic heterocycles. The van der Waals surface area contributed by atoms with Crippen LogP contribution in [-0.4, -0.2) is 15.5 Å². The molecule has 2 rings (SSSR count). The number of aromatic nitrogens is 2. The molecule has 0 radical (unpaired) electrons. The third kappa shape index (κ3) is 2.77. The van der Waals surface area contributed by atoms with Crippen LogP contribution in [0.25, 0.3) is 11.0 Å². The molecular formula is C13H15BrClN3O. The molecule has 2 N–H and O–H groups in total. The first-order valence-electron chi connectivity index (χ1n) is 5.85. The van der Waals surface area contributed by atoms with Gasteiger partial charge < -0.3 is 10.3 Å². The van der Waals surface area contributed by atoms with Crippen LogP contribution in [0.15, 0.2) is 22.7 Å². The van der Waals surface area contributed by atoms with Crippen LogP contribution in [0.5, 0.6) is 0 Å². The number of hydrogen-bond acceptors (Lipinski definition) is 2. The highest BCUT2D eigenvalue weighted by molar-refractivity contribution is 9.10. The van der Waals surface area contributed by atoms with Crippen molar-refractivity contribution in [2.24, 2.45) is 11.1 Å². The van der Waals surface area contributed by atoms with Crippen LogP contribution in [0.4, 0.5) is 0 Å². The summed E-state index contributed by atoms with van der Waals surface area (Å²) >= 11 is 9.36. The number of primary amides is 1. The Balaban J connectivity index is 2.55. The van der Waals surface area contributed by atoms with Gasteiger partial charge in [0.2, 0.25) is 5.91 Å². The molecule has 1 heterocycles. The predicted octanol–water partition coefficient (Wildman–Crippen LogP) is 3.05. The molecule has 0 aliphatic rings. The predicted molar refractivity (Wildman–Crippen MR) is 80.0 cm³/mol. The maximum Gasteiger partial charge on any atom is 0.224 e. The van der Waals surface area contributed by atoms with Gasteiger partial charge in [0.1, 0.15) is 5.82 Å². The van der Waals surface area contributed by atoms with Gasteiger partial charge in [-0.2, -0.15) is 0 Å². The fourth-order valence-corrected chi connectivity index (χ4v) is 2.46. The first-order valence-corrected chi connectivity index (χ1v) is 7.18. The van der Waals surface area contributed by atoms with E-state index in [1.54, 1.807) is 0 Å². The molecule has 0 aliphatic carbocycles. The fourth-order valence-electron chi connectivity index (χ4n) is 1.90. The van der Waals surface area contributed by atoms with Crippen molar-refractivity contribution < 1.29 is 4.79 Å². The molecule has 2 aromatic rings. The number of nitrogens with zero attached hydrogens (tertiary/aromatic N) is 2. The lowest BCUT2D eigenvalue weighted by molar-refractivity contribution is -0.126. The van der Waals surface area contributed by atoms with Crippen molar-refractivity contribution in [2.75, 3.05) is 0 Å². The molecule has 0 bridgehead atoms. The first-order chi connectivity index (χ1) is 8.85. The van der Waals surface area contributed by atoms with E-state index in [1.165, 1.54) is 0 Å². The van der Waals surface area contributed by atoms with E-state index in [0.29, 0.717) is 12.4 Å². The second-order valence-electron chi connectivity index (χ2n) is 5.13. The van der Waals surface area contributed by atoms with Gasteiger partial charge in [-0.15, -0.1) is 11.6 Å². The van der Waals surface area contributed by atoms with Crippen LogP contribution in [0.2, 0.25) is 0 Å². The number of carbonyl (C=O) groups excluding carboxylic acids is 1. The van der Waals surface area contributed by atoms with Crippen LogP contribution in [-0.2, 0) is 17.2 Å². The Bertz CT molecular complexity index is 636. The molecule has 0 saturated heterocycles. The molecule has 4 nitrogen and oxygen atoms in total. The quantitative estimate of drug-likeness (QED) is 0.867. The number of alkyl halides is 1. The van der Waals surface area contributed by atoms with Crippen molar-refractivity contribution in [3.63, 3.8) is 0 Å². The third-order valence-electron chi connectivity index (χ3n) is 3.13. The van der Waals surface area contributed by atoms with Gasteiger partial charge >= 0.3 is 0 Å². The van der Waals surface area contributed by atoms with Crippen molar-refractivity contribution >= 4 is 44.5 Å². The summed E-state index contributed by atoms with van der Waals surface area (Å²) in [5, 5.41) is 0. The molecular weight excluding hydrogens is 330 g/mol. The standard InChI is InChI=1S/C13H15BrClN3O/c1-13(2,12(16)19)7-18-10-4-3-8(14)5-9(10)17-11(18)6-15/h3-5H,6-7H2,1-2H3,(H2,16,19). The van der Waals surface area contributed by atoms with Gasteiger partial charge in [-0.3, -0.25) is 4.79 Å². The van der Waals surface area contributed by atoms with E-state index in [-0.39, 0.29) is 5.91 Å². The van der Waals surface area contributed by atoms with Gasteiger partial charge in [0, 0.05) is 11.0 Å². The average Bonchev–Trinajstić information content (AvgIpc) is 2.65. The van der Waals surface area contributed by atoms with Crippen molar-refractivity contribution in [3.8, 4) is 0 Å². The molecule has 1 aromatic carbocycles. The van der Waals surface area contributed by atoms with Crippen molar-refractivity contribution in [1.29, 1.82) is 0 Å². The molecule has 0 fully saturated rings. The Morgan fingerprint density at radius 1 is 1.53 bits per heavy atom. The molecule has 19 heavy (non-hydrogen) atoms. The van der Waals surface area contributed by atoms with Gasteiger partial charge in [-0.25, -0.2) is 4.98 Å². The second-order valence-corrected chi connectivity index (χ2v) is 6.31. The van der Waals surface area contributed by atoms with Crippen LogP contribution >= 0.6 is 27.5 Å². The van der Waals surface area contributed by atoms with Gasteiger partial charge in [0.15, 0.2) is 0 Å². The zero-order valence-corrected chi connectivity index (χ0v) is 13.1. The number of fused-ring (bicyclic) bond motifs is 1. The molecule has 1 aromatic heterocycles. The van der Waals surface area contributed by atoms with Crippen LogP contribution in [0, 0.1) is 5.41 Å².